The van der Waals surface area contributed by atoms with Crippen LogP contribution in [-0.4, -0.2) is 18.9 Å². The van der Waals surface area contributed by atoms with Crippen molar-refractivity contribution in [3.05, 3.63) is 12.2 Å². The van der Waals surface area contributed by atoms with E-state index in [1.807, 2.05) is 6.08 Å². The third-order valence-corrected chi connectivity index (χ3v) is 9.97. The molecule has 4 aliphatic carbocycles. The van der Waals surface area contributed by atoms with Crippen molar-refractivity contribution in [1.29, 1.82) is 0 Å². The van der Waals surface area contributed by atoms with E-state index in [9.17, 15) is 9.59 Å². The lowest BCUT2D eigenvalue weighted by molar-refractivity contribution is -0.152. The maximum atomic E-state index is 12.7. The maximum Gasteiger partial charge on any atom is 0.308 e. The molecule has 0 radical (unpaired) electrons. The number of carbonyl (C=O) groups is 2. The van der Waals surface area contributed by atoms with Gasteiger partial charge >= 0.3 is 5.97 Å². The van der Waals surface area contributed by atoms with Crippen molar-refractivity contribution >= 4 is 11.8 Å². The van der Waals surface area contributed by atoms with Gasteiger partial charge in [0.2, 0.25) is 0 Å². The highest BCUT2D eigenvalue weighted by molar-refractivity contribution is 5.91. The Hall–Kier alpha value is -1.12. The van der Waals surface area contributed by atoms with Crippen molar-refractivity contribution in [2.45, 2.75) is 85.0 Å². The van der Waals surface area contributed by atoms with Crippen LogP contribution in [0, 0.1) is 46.3 Å². The van der Waals surface area contributed by atoms with Crippen LogP contribution in [0.2, 0.25) is 0 Å². The Kier molecular flexibility index (Phi) is 5.72. The molecule has 0 saturated heterocycles. The van der Waals surface area contributed by atoms with Gasteiger partial charge in [-0.2, -0.15) is 0 Å². The van der Waals surface area contributed by atoms with E-state index in [0.717, 1.165) is 37.5 Å². The van der Waals surface area contributed by atoms with Gasteiger partial charge in [-0.1, -0.05) is 39.7 Å². The summed E-state index contributed by atoms with van der Waals surface area (Å²) in [6.07, 6.45) is 15.5. The summed E-state index contributed by atoms with van der Waals surface area (Å²) in [6, 6.07) is 0. The van der Waals surface area contributed by atoms with E-state index >= 15 is 0 Å². The third kappa shape index (κ3) is 3.31. The molecular formula is C26H40O3. The minimum absolute atomic E-state index is 0.0249. The second-order valence-corrected chi connectivity index (χ2v) is 11.0. The Bertz CT molecular complexity index is 681. The van der Waals surface area contributed by atoms with E-state index in [-0.39, 0.29) is 22.7 Å². The number of unbranched alkanes of at least 4 members (excludes halogenated alkanes) is 1. The first kappa shape index (κ1) is 21.1. The molecule has 3 fully saturated rings. The van der Waals surface area contributed by atoms with Gasteiger partial charge in [-0.3, -0.25) is 9.59 Å². The van der Waals surface area contributed by atoms with Gasteiger partial charge in [-0.05, 0) is 91.4 Å². The van der Waals surface area contributed by atoms with Crippen molar-refractivity contribution in [1.82, 2.24) is 0 Å². The molecule has 0 aromatic heterocycles. The molecule has 8 atom stereocenters. The van der Waals surface area contributed by atoms with Crippen LogP contribution >= 0.6 is 0 Å². The summed E-state index contributed by atoms with van der Waals surface area (Å²) >= 11 is 0. The molecular weight excluding hydrogens is 360 g/mol. The highest BCUT2D eigenvalue weighted by Gasteiger charge is 2.61. The monoisotopic (exact) mass is 400 g/mol. The summed E-state index contributed by atoms with van der Waals surface area (Å²) in [7, 11) is 1.56. The number of methoxy groups -OCH3 is 1. The van der Waals surface area contributed by atoms with Gasteiger partial charge in [0.15, 0.2) is 5.78 Å². The fourth-order valence-corrected chi connectivity index (χ4v) is 8.40. The van der Waals surface area contributed by atoms with E-state index in [2.05, 4.69) is 26.8 Å². The molecule has 0 amide bonds. The summed E-state index contributed by atoms with van der Waals surface area (Å²) in [5.41, 5.74) is 0.464. The second-order valence-electron chi connectivity index (χ2n) is 11.0. The van der Waals surface area contributed by atoms with Gasteiger partial charge in [-0.15, -0.1) is 0 Å². The maximum absolute atomic E-state index is 12.7. The van der Waals surface area contributed by atoms with Crippen LogP contribution in [0.1, 0.15) is 85.0 Å². The van der Waals surface area contributed by atoms with Crippen molar-refractivity contribution in [2.75, 3.05) is 7.11 Å². The van der Waals surface area contributed by atoms with Gasteiger partial charge in [0.1, 0.15) is 0 Å². The van der Waals surface area contributed by atoms with Crippen LogP contribution in [0.3, 0.4) is 0 Å². The first-order valence-corrected chi connectivity index (χ1v) is 12.1. The van der Waals surface area contributed by atoms with Crippen molar-refractivity contribution in [3.8, 4) is 0 Å². The molecule has 0 bridgehead atoms. The Morgan fingerprint density at radius 1 is 1.17 bits per heavy atom. The molecule has 0 aliphatic heterocycles. The minimum atomic E-state index is 0.0249. The largest absolute Gasteiger partial charge is 0.469 e. The van der Waals surface area contributed by atoms with Crippen LogP contribution in [0.25, 0.3) is 0 Å². The SMILES string of the molecule is CCCC[C@@H](C(=O)OC)[C@H]1CC[C@H]2[C@@H]3CC[C@H]4CC(=O)C=C[C@]4(C)[C@H]3CC[C@]12C. The summed E-state index contributed by atoms with van der Waals surface area (Å²) in [5, 5.41) is 0. The number of rotatable bonds is 5. The molecule has 29 heavy (non-hydrogen) atoms. The highest BCUT2D eigenvalue weighted by atomic mass is 16.5. The molecule has 0 aromatic rings. The Labute approximate surface area is 177 Å². The summed E-state index contributed by atoms with van der Waals surface area (Å²) in [6.45, 7) is 7.15. The molecule has 162 valence electrons. The molecule has 0 spiro atoms. The van der Waals surface area contributed by atoms with Gasteiger partial charge in [0, 0.05) is 6.42 Å². The minimum Gasteiger partial charge on any atom is -0.469 e. The van der Waals surface area contributed by atoms with Crippen LogP contribution in [0.4, 0.5) is 0 Å². The van der Waals surface area contributed by atoms with E-state index in [0.29, 0.717) is 23.5 Å². The van der Waals surface area contributed by atoms with Crippen LogP contribution in [0.15, 0.2) is 12.2 Å². The molecule has 0 N–H and O–H groups in total. The zero-order chi connectivity index (χ0) is 20.8. The number of ketones is 1. The lowest BCUT2D eigenvalue weighted by Gasteiger charge is -2.59. The Balaban J connectivity index is 1.59. The number of fused-ring (bicyclic) bond motifs is 5. The van der Waals surface area contributed by atoms with E-state index in [4.69, 9.17) is 4.74 Å². The molecule has 3 nitrogen and oxygen atoms in total. The molecule has 0 heterocycles. The fraction of sp³-hybridized carbons (Fsp3) is 0.846. The van der Waals surface area contributed by atoms with E-state index < -0.39 is 0 Å². The van der Waals surface area contributed by atoms with Crippen molar-refractivity contribution < 1.29 is 14.3 Å². The molecule has 0 aromatic carbocycles. The normalized spacial score (nSPS) is 44.6. The molecule has 3 heteroatoms. The van der Waals surface area contributed by atoms with Gasteiger partial charge in [-0.25, -0.2) is 0 Å². The predicted octanol–water partition coefficient (Wildman–Crippen LogP) is 5.97. The summed E-state index contributed by atoms with van der Waals surface area (Å²) in [4.78, 5) is 24.7. The van der Waals surface area contributed by atoms with E-state index in [1.54, 1.807) is 7.11 Å². The summed E-state index contributed by atoms with van der Waals surface area (Å²) < 4.78 is 5.27. The van der Waals surface area contributed by atoms with Gasteiger partial charge < -0.3 is 4.74 Å². The third-order valence-electron chi connectivity index (χ3n) is 9.97. The fourth-order valence-electron chi connectivity index (χ4n) is 8.40. The molecule has 3 saturated carbocycles. The first-order chi connectivity index (χ1) is 13.8. The zero-order valence-electron chi connectivity index (χ0n) is 18.9. The quantitative estimate of drug-likeness (QED) is 0.534. The molecule has 4 rings (SSSR count). The predicted molar refractivity (Wildman–Crippen MR) is 115 cm³/mol. The summed E-state index contributed by atoms with van der Waals surface area (Å²) in [5.74, 6) is 3.62. The number of ether oxygens (including phenoxy) is 1. The van der Waals surface area contributed by atoms with E-state index in [1.165, 1.54) is 38.5 Å². The van der Waals surface area contributed by atoms with Crippen LogP contribution in [-0.2, 0) is 14.3 Å². The standard InChI is InChI=1S/C26H40O3/c1-5-6-7-20(24(28)29-4)22-11-10-21-19-9-8-17-16-18(27)12-14-25(17,2)23(19)13-15-26(21,22)3/h12,14,17,19-23H,5-11,13,15-16H2,1-4H3/t17-,19-,20+,21-,22+,23-,25-,26-/m0/s1. The lowest BCUT2D eigenvalue weighted by atomic mass is 9.45. The molecule has 4 aliphatic rings. The second kappa shape index (κ2) is 7.85. The van der Waals surface area contributed by atoms with Crippen molar-refractivity contribution in [2.24, 2.45) is 46.3 Å². The number of hydrogen-bond acceptors (Lipinski definition) is 3. The number of carbonyl (C=O) groups excluding carboxylic acids is 2. The number of esters is 1. The number of hydrogen-bond donors (Lipinski definition) is 0. The van der Waals surface area contributed by atoms with Crippen LogP contribution < -0.4 is 0 Å². The van der Waals surface area contributed by atoms with Crippen LogP contribution in [0.5, 0.6) is 0 Å². The van der Waals surface area contributed by atoms with Crippen molar-refractivity contribution in [3.63, 3.8) is 0 Å². The average molecular weight is 401 g/mol. The Morgan fingerprint density at radius 3 is 2.69 bits per heavy atom. The number of allylic oxidation sites excluding steroid dienone is 2. The smallest absolute Gasteiger partial charge is 0.308 e. The molecule has 0 unspecified atom stereocenters. The Morgan fingerprint density at radius 2 is 1.97 bits per heavy atom. The first-order valence-electron chi connectivity index (χ1n) is 12.1. The highest BCUT2D eigenvalue weighted by Crippen LogP contribution is 2.67. The lowest BCUT2D eigenvalue weighted by Crippen LogP contribution is -2.53. The zero-order valence-corrected chi connectivity index (χ0v) is 18.9. The average Bonchev–Trinajstić information content (AvgIpc) is 3.06. The van der Waals surface area contributed by atoms with Gasteiger partial charge in [0.05, 0.1) is 13.0 Å². The van der Waals surface area contributed by atoms with Gasteiger partial charge in [0.25, 0.3) is 0 Å². The topological polar surface area (TPSA) is 43.4 Å².